The average molecular weight is 939 g/mol. The van der Waals surface area contributed by atoms with Crippen LogP contribution in [0, 0.1) is 17.3 Å². The summed E-state index contributed by atoms with van der Waals surface area (Å²) in [7, 11) is 0. The van der Waals surface area contributed by atoms with E-state index in [9.17, 15) is 57.6 Å². The van der Waals surface area contributed by atoms with Crippen molar-refractivity contribution in [3.05, 3.63) is 45.1 Å². The van der Waals surface area contributed by atoms with Gasteiger partial charge >= 0.3 is 24.1 Å². The van der Waals surface area contributed by atoms with Gasteiger partial charge in [-0.25, -0.2) is 19.4 Å². The van der Waals surface area contributed by atoms with Crippen LogP contribution in [0.3, 0.4) is 0 Å². The second-order valence-corrected chi connectivity index (χ2v) is 18.4. The summed E-state index contributed by atoms with van der Waals surface area (Å²) < 4.78 is 31.7. The third-order valence-corrected chi connectivity index (χ3v) is 13.3. The molecule has 3 aliphatic rings. The summed E-state index contributed by atoms with van der Waals surface area (Å²) >= 11 is 9.57. The number of nitrogens with two attached hydrogens (primary N) is 1. The number of nitrogens with one attached hydrogen (secondary N) is 2. The molecule has 2 aromatic rings. The fraction of sp³-hybridized carbons (Fsp3) is 0.500. The molecule has 2 fully saturated rings. The Morgan fingerprint density at radius 2 is 1.74 bits per heavy atom. The number of phenolic OH excluding ortho intramolecular Hbond substituents is 2. The lowest BCUT2D eigenvalue weighted by molar-refractivity contribution is -0.192. The lowest BCUT2D eigenvalue weighted by atomic mass is 9.69. The molecule has 3 atom stereocenters. The normalized spacial score (nSPS) is 20.9. The van der Waals surface area contributed by atoms with Crippen molar-refractivity contribution in [2.45, 2.75) is 70.2 Å². The number of carbonyl (C=O) groups is 6. The van der Waals surface area contributed by atoms with Gasteiger partial charge in [0.25, 0.3) is 17.7 Å². The van der Waals surface area contributed by atoms with Crippen LogP contribution in [-0.4, -0.2) is 124 Å². The van der Waals surface area contributed by atoms with E-state index in [4.69, 9.17) is 32.1 Å². The standard InChI is InChI=1S/C34H41ClN6O10S3.C2HF3O2/c1-34(2,3)17-6-4-15(5-7-17)26(32(49)50)51-40-22(19-14-54-33(36)38-19)28(45)39-23-29(46)41-24(31(47)48)16(13-53-30(23)41)12-52-11-10-37-27(44)18-8-9-20(42)25(43)21(18)35;3-2(4,5)1(6)7/h8-9,14-15,17,23,26,30,42-43H,4-7,10-13H2,1-3H3,(H2,36,38)(H,37,44)(H,39,45)(H,47,48)(H,49,50);(H,6,7)/b40-22-;/t15?,17?,23-,26?,30-;/m1./s1. The minimum Gasteiger partial charge on any atom is -0.504 e. The molecule has 3 amide bonds. The number of aromatic hydroxyl groups is 2. The molecule has 1 aromatic carbocycles. The molecular formula is C36H42ClF3N6O12S3. The molecule has 334 valence electrons. The first-order valence-corrected chi connectivity index (χ1v) is 21.6. The van der Waals surface area contributed by atoms with E-state index in [0.29, 0.717) is 30.1 Å². The Morgan fingerprint density at radius 1 is 1.10 bits per heavy atom. The van der Waals surface area contributed by atoms with Gasteiger partial charge in [0.2, 0.25) is 6.10 Å². The van der Waals surface area contributed by atoms with Crippen molar-refractivity contribution in [1.29, 1.82) is 0 Å². The molecule has 18 nitrogen and oxygen atoms in total. The Labute approximate surface area is 363 Å². The predicted octanol–water partition coefficient (Wildman–Crippen LogP) is 4.35. The number of aliphatic carboxylic acids is 3. The zero-order valence-corrected chi connectivity index (χ0v) is 35.7. The number of rotatable bonds is 14. The molecule has 0 bridgehead atoms. The van der Waals surface area contributed by atoms with Crippen LogP contribution >= 0.6 is 46.5 Å². The minimum absolute atomic E-state index is 0.0274. The van der Waals surface area contributed by atoms with E-state index in [1.165, 1.54) is 35.0 Å². The average Bonchev–Trinajstić information content (AvgIpc) is 3.61. The van der Waals surface area contributed by atoms with Crippen LogP contribution < -0.4 is 16.4 Å². The van der Waals surface area contributed by atoms with Crippen molar-refractivity contribution in [1.82, 2.24) is 20.5 Å². The fourth-order valence-electron chi connectivity index (χ4n) is 6.59. The first kappa shape index (κ1) is 48.7. The van der Waals surface area contributed by atoms with E-state index in [1.807, 2.05) is 0 Å². The smallest absolute Gasteiger partial charge is 0.490 e. The molecule has 5 rings (SSSR count). The van der Waals surface area contributed by atoms with Crippen LogP contribution in [-0.2, 0) is 28.8 Å². The minimum atomic E-state index is -5.08. The summed E-state index contributed by atoms with van der Waals surface area (Å²) in [5.41, 5.74) is 5.83. The number of carboxylic acids is 3. The number of β-lactam (4-membered cyclic amide) rings is 1. The van der Waals surface area contributed by atoms with Gasteiger partial charge in [0.05, 0.1) is 10.6 Å². The van der Waals surface area contributed by atoms with Crippen LogP contribution in [0.25, 0.3) is 0 Å². The van der Waals surface area contributed by atoms with E-state index in [1.54, 1.807) is 0 Å². The number of phenols is 2. The topological polar surface area (TPSA) is 291 Å². The van der Waals surface area contributed by atoms with Crippen molar-refractivity contribution < 1.29 is 72.3 Å². The van der Waals surface area contributed by atoms with E-state index < -0.39 is 70.8 Å². The largest absolute Gasteiger partial charge is 0.504 e. The second kappa shape index (κ2) is 20.3. The fourth-order valence-corrected chi connectivity index (χ4v) is 9.74. The van der Waals surface area contributed by atoms with Crippen molar-refractivity contribution >= 4 is 92.9 Å². The number of carboxylic acid groups (broad SMARTS) is 3. The number of hydrogen-bond donors (Lipinski definition) is 8. The highest BCUT2D eigenvalue weighted by Crippen LogP contribution is 2.43. The van der Waals surface area contributed by atoms with E-state index in [2.05, 4.69) is 41.5 Å². The maximum absolute atomic E-state index is 13.6. The molecule has 3 heterocycles. The molecule has 25 heteroatoms. The number of amides is 3. The van der Waals surface area contributed by atoms with Crippen LogP contribution in [0.4, 0.5) is 18.3 Å². The Morgan fingerprint density at radius 3 is 2.28 bits per heavy atom. The van der Waals surface area contributed by atoms with Crippen LogP contribution in [0.15, 0.2) is 33.9 Å². The molecule has 1 unspecified atom stereocenters. The van der Waals surface area contributed by atoms with Crippen molar-refractivity contribution in [3.63, 3.8) is 0 Å². The van der Waals surface area contributed by atoms with Gasteiger partial charge in [-0.1, -0.05) is 37.5 Å². The molecular weight excluding hydrogens is 897 g/mol. The number of thioether (sulfide) groups is 2. The number of hydrogen-bond acceptors (Lipinski definition) is 15. The maximum Gasteiger partial charge on any atom is 0.490 e. The van der Waals surface area contributed by atoms with Crippen molar-refractivity contribution in [2.24, 2.45) is 22.4 Å². The molecule has 1 saturated carbocycles. The molecule has 9 N–H and O–H groups in total. The number of benzene rings is 1. The predicted molar refractivity (Wildman–Crippen MR) is 218 cm³/mol. The number of alkyl halides is 3. The number of fused-ring (bicyclic) bond motifs is 1. The second-order valence-electron chi connectivity index (χ2n) is 14.9. The summed E-state index contributed by atoms with van der Waals surface area (Å²) in [6, 6.07) is 1.29. The Bertz CT molecular complexity index is 2090. The Hall–Kier alpha value is -4.94. The van der Waals surface area contributed by atoms with E-state index >= 15 is 0 Å². The zero-order valence-electron chi connectivity index (χ0n) is 32.5. The van der Waals surface area contributed by atoms with Crippen LogP contribution in [0.2, 0.25) is 5.02 Å². The van der Waals surface area contributed by atoms with Gasteiger partial charge in [-0.3, -0.25) is 19.3 Å². The van der Waals surface area contributed by atoms with Crippen LogP contribution in [0.1, 0.15) is 62.5 Å². The monoisotopic (exact) mass is 938 g/mol. The van der Waals surface area contributed by atoms with E-state index in [0.717, 1.165) is 35.1 Å². The van der Waals surface area contributed by atoms with Gasteiger partial charge in [-0.05, 0) is 54.7 Å². The Balaban J connectivity index is 0.00000107. The highest BCUT2D eigenvalue weighted by atomic mass is 35.5. The lowest BCUT2D eigenvalue weighted by Gasteiger charge is -2.49. The molecule has 1 aliphatic carbocycles. The third kappa shape index (κ3) is 12.1. The van der Waals surface area contributed by atoms with Gasteiger partial charge < -0.3 is 46.7 Å². The van der Waals surface area contributed by atoms with Gasteiger partial charge in [-0.15, -0.1) is 23.1 Å². The highest BCUT2D eigenvalue weighted by molar-refractivity contribution is 8.01. The zero-order chi connectivity index (χ0) is 45.6. The Kier molecular flexibility index (Phi) is 16.2. The van der Waals surface area contributed by atoms with Crippen molar-refractivity contribution in [2.75, 3.05) is 29.5 Å². The molecule has 1 aromatic heterocycles. The number of oxime groups is 1. The van der Waals surface area contributed by atoms with Gasteiger partial charge in [0.15, 0.2) is 22.3 Å². The number of nitrogens with zero attached hydrogens (tertiary/aromatic N) is 3. The molecule has 0 radical (unpaired) electrons. The number of carbonyl (C=O) groups excluding carboxylic acids is 3. The van der Waals surface area contributed by atoms with Gasteiger partial charge in [0, 0.05) is 35.1 Å². The third-order valence-electron chi connectivity index (χ3n) is 9.83. The quantitative estimate of drug-likeness (QED) is 0.0429. The van der Waals surface area contributed by atoms with Gasteiger partial charge in [-0.2, -0.15) is 24.9 Å². The highest BCUT2D eigenvalue weighted by Gasteiger charge is 2.54. The number of halogens is 4. The summed E-state index contributed by atoms with van der Waals surface area (Å²) in [5, 5.41) is 56.3. The number of nitrogen functional groups attached to an aromatic ring is 1. The SMILES string of the molecule is CC(C)(C)C1CCC(C(O/N=C(\C(=O)N[C@@H]2C(=O)N3C(C(=O)O)=C(CSCCNC(=O)c4ccc(O)c(O)c4Cl)CS[C@H]23)c2csc(N)n2)C(=O)O)CC1.O=C(O)C(F)(F)F. The number of anilines is 1. The number of thiazole rings is 1. The molecule has 2 aliphatic heterocycles. The molecule has 1 saturated heterocycles. The van der Waals surface area contributed by atoms with Gasteiger partial charge in [0.1, 0.15) is 22.8 Å². The molecule has 0 spiro atoms. The van der Waals surface area contributed by atoms with Crippen molar-refractivity contribution in [3.8, 4) is 11.5 Å². The summed E-state index contributed by atoms with van der Waals surface area (Å²) in [5.74, 6) is -7.49. The molecule has 61 heavy (non-hydrogen) atoms. The summed E-state index contributed by atoms with van der Waals surface area (Å²) in [6.45, 7) is 6.65. The summed E-state index contributed by atoms with van der Waals surface area (Å²) in [6.07, 6.45) is -3.51. The maximum atomic E-state index is 13.6. The lowest BCUT2D eigenvalue weighted by Crippen LogP contribution is -2.71. The van der Waals surface area contributed by atoms with Crippen LogP contribution in [0.5, 0.6) is 11.5 Å². The number of aromatic nitrogens is 1. The van der Waals surface area contributed by atoms with E-state index in [-0.39, 0.29) is 62.2 Å². The summed E-state index contributed by atoms with van der Waals surface area (Å²) in [4.78, 5) is 83.9. The first-order chi connectivity index (χ1) is 28.4. The first-order valence-electron chi connectivity index (χ1n) is 18.2.